The second-order valence-corrected chi connectivity index (χ2v) is 4.06. The monoisotopic (exact) mass is 189 g/mol. The molecule has 0 bridgehead atoms. The Hall–Kier alpha value is -0.0500. The van der Waals surface area contributed by atoms with Crippen LogP contribution in [0.5, 0.6) is 0 Å². The SMILES string of the molecule is Cc1ccc([C@@H]2CCN2)s1.Cl. The first kappa shape index (κ1) is 9.04. The zero-order valence-electron chi connectivity index (χ0n) is 6.46. The standard InChI is InChI=1S/C8H11NS.ClH/c1-6-2-3-8(10-6)7-4-5-9-7;/h2-3,7,9H,4-5H2,1H3;1H/t7-;/m0./s1. The molecule has 1 aliphatic heterocycles. The number of halogens is 1. The minimum Gasteiger partial charge on any atom is -0.309 e. The minimum absolute atomic E-state index is 0. The molecule has 11 heavy (non-hydrogen) atoms. The zero-order valence-corrected chi connectivity index (χ0v) is 8.10. The van der Waals surface area contributed by atoms with Crippen molar-refractivity contribution in [3.63, 3.8) is 0 Å². The van der Waals surface area contributed by atoms with Crippen molar-refractivity contribution in [2.45, 2.75) is 19.4 Å². The van der Waals surface area contributed by atoms with E-state index in [1.807, 2.05) is 11.3 Å². The van der Waals surface area contributed by atoms with Gasteiger partial charge in [0.15, 0.2) is 0 Å². The quantitative estimate of drug-likeness (QED) is 0.716. The van der Waals surface area contributed by atoms with Gasteiger partial charge >= 0.3 is 0 Å². The average Bonchev–Trinajstić information content (AvgIpc) is 2.10. The van der Waals surface area contributed by atoms with E-state index in [-0.39, 0.29) is 12.4 Å². The average molecular weight is 190 g/mol. The first-order chi connectivity index (χ1) is 4.86. The van der Waals surface area contributed by atoms with E-state index in [0.717, 1.165) is 0 Å². The molecule has 0 aromatic carbocycles. The smallest absolute Gasteiger partial charge is 0.0427 e. The number of rotatable bonds is 1. The normalized spacial score (nSPS) is 22.1. The van der Waals surface area contributed by atoms with Gasteiger partial charge in [0.05, 0.1) is 0 Å². The Bertz CT molecular complexity index is 230. The van der Waals surface area contributed by atoms with Gasteiger partial charge in [0.1, 0.15) is 0 Å². The topological polar surface area (TPSA) is 12.0 Å². The van der Waals surface area contributed by atoms with Crippen LogP contribution in [0.3, 0.4) is 0 Å². The van der Waals surface area contributed by atoms with Crippen LogP contribution in [0.1, 0.15) is 22.2 Å². The summed E-state index contributed by atoms with van der Waals surface area (Å²) < 4.78 is 0. The lowest BCUT2D eigenvalue weighted by Gasteiger charge is -2.26. The molecule has 0 unspecified atom stereocenters. The lowest BCUT2D eigenvalue weighted by atomic mass is 10.1. The molecule has 1 N–H and O–H groups in total. The predicted octanol–water partition coefficient (Wildman–Crippen LogP) is 2.51. The van der Waals surface area contributed by atoms with Gasteiger partial charge in [-0.05, 0) is 32.0 Å². The van der Waals surface area contributed by atoms with Gasteiger partial charge in [-0.15, -0.1) is 23.7 Å². The fourth-order valence-electron chi connectivity index (χ4n) is 1.17. The third-order valence-corrected chi connectivity index (χ3v) is 3.04. The van der Waals surface area contributed by atoms with Crippen LogP contribution in [-0.4, -0.2) is 6.54 Å². The van der Waals surface area contributed by atoms with E-state index >= 15 is 0 Å². The van der Waals surface area contributed by atoms with E-state index in [1.54, 1.807) is 0 Å². The zero-order chi connectivity index (χ0) is 6.97. The van der Waals surface area contributed by atoms with Crippen molar-refractivity contribution in [3.05, 3.63) is 21.9 Å². The number of thiophene rings is 1. The van der Waals surface area contributed by atoms with Crippen molar-refractivity contribution in [2.24, 2.45) is 0 Å². The van der Waals surface area contributed by atoms with Crippen LogP contribution >= 0.6 is 23.7 Å². The van der Waals surface area contributed by atoms with Crippen molar-refractivity contribution in [1.29, 1.82) is 0 Å². The van der Waals surface area contributed by atoms with Crippen LogP contribution in [-0.2, 0) is 0 Å². The molecule has 62 valence electrons. The molecule has 2 rings (SSSR count). The Balaban J connectivity index is 0.000000605. The molecule has 0 radical (unpaired) electrons. The lowest BCUT2D eigenvalue weighted by Crippen LogP contribution is -2.34. The van der Waals surface area contributed by atoms with Gasteiger partial charge < -0.3 is 5.32 Å². The molecule has 1 aromatic rings. The summed E-state index contributed by atoms with van der Waals surface area (Å²) in [6.45, 7) is 3.36. The van der Waals surface area contributed by atoms with E-state index in [9.17, 15) is 0 Å². The summed E-state index contributed by atoms with van der Waals surface area (Å²) in [7, 11) is 0. The predicted molar refractivity (Wildman–Crippen MR) is 51.7 cm³/mol. The second kappa shape index (κ2) is 3.57. The maximum Gasteiger partial charge on any atom is 0.0427 e. The molecule has 0 saturated carbocycles. The summed E-state index contributed by atoms with van der Waals surface area (Å²) in [6, 6.07) is 5.11. The summed E-state index contributed by atoms with van der Waals surface area (Å²) in [6.07, 6.45) is 1.32. The van der Waals surface area contributed by atoms with Gasteiger partial charge in [0.25, 0.3) is 0 Å². The number of aryl methyl sites for hydroxylation is 1. The molecule has 1 aromatic heterocycles. The first-order valence-electron chi connectivity index (χ1n) is 3.66. The second-order valence-electron chi connectivity index (χ2n) is 2.74. The maximum absolute atomic E-state index is 3.39. The first-order valence-corrected chi connectivity index (χ1v) is 4.47. The summed E-state index contributed by atoms with van der Waals surface area (Å²) in [5, 5.41) is 3.39. The Labute approximate surface area is 77.2 Å². The van der Waals surface area contributed by atoms with Crippen LogP contribution in [0.25, 0.3) is 0 Å². The molecule has 1 saturated heterocycles. The largest absolute Gasteiger partial charge is 0.309 e. The summed E-state index contributed by atoms with van der Waals surface area (Å²) in [5.41, 5.74) is 0. The summed E-state index contributed by atoms with van der Waals surface area (Å²) in [4.78, 5) is 2.92. The van der Waals surface area contributed by atoms with Crippen LogP contribution in [0.4, 0.5) is 0 Å². The highest BCUT2D eigenvalue weighted by Crippen LogP contribution is 2.28. The number of hydrogen-bond donors (Lipinski definition) is 1. The van der Waals surface area contributed by atoms with Crippen LogP contribution in [0.2, 0.25) is 0 Å². The molecule has 0 amide bonds. The fraction of sp³-hybridized carbons (Fsp3) is 0.500. The molecule has 0 spiro atoms. The highest BCUT2D eigenvalue weighted by molar-refractivity contribution is 7.12. The lowest BCUT2D eigenvalue weighted by molar-refractivity contribution is 0.389. The van der Waals surface area contributed by atoms with Gasteiger partial charge in [-0.3, -0.25) is 0 Å². The van der Waals surface area contributed by atoms with Gasteiger partial charge in [0.2, 0.25) is 0 Å². The van der Waals surface area contributed by atoms with Crippen molar-refractivity contribution >= 4 is 23.7 Å². The maximum atomic E-state index is 3.39. The van der Waals surface area contributed by atoms with Gasteiger partial charge in [0, 0.05) is 15.8 Å². The molecule has 1 nitrogen and oxygen atoms in total. The Morgan fingerprint density at radius 1 is 1.55 bits per heavy atom. The highest BCUT2D eigenvalue weighted by atomic mass is 35.5. The molecule has 1 aliphatic rings. The molecular formula is C8H12ClNS. The molecule has 0 aliphatic carbocycles. The summed E-state index contributed by atoms with van der Waals surface area (Å²) >= 11 is 1.91. The van der Waals surface area contributed by atoms with Crippen LogP contribution < -0.4 is 5.32 Å². The van der Waals surface area contributed by atoms with E-state index < -0.39 is 0 Å². The number of hydrogen-bond acceptors (Lipinski definition) is 2. The van der Waals surface area contributed by atoms with Gasteiger partial charge in [-0.2, -0.15) is 0 Å². The summed E-state index contributed by atoms with van der Waals surface area (Å²) in [5.74, 6) is 0. The molecular weight excluding hydrogens is 178 g/mol. The van der Waals surface area contributed by atoms with E-state index in [1.165, 1.54) is 22.7 Å². The van der Waals surface area contributed by atoms with Crippen molar-refractivity contribution in [2.75, 3.05) is 6.54 Å². The van der Waals surface area contributed by atoms with Crippen molar-refractivity contribution < 1.29 is 0 Å². The van der Waals surface area contributed by atoms with Gasteiger partial charge in [-0.25, -0.2) is 0 Å². The third kappa shape index (κ3) is 1.75. The van der Waals surface area contributed by atoms with E-state index in [4.69, 9.17) is 0 Å². The Morgan fingerprint density at radius 3 is 2.64 bits per heavy atom. The highest BCUT2D eigenvalue weighted by Gasteiger charge is 2.19. The van der Waals surface area contributed by atoms with E-state index in [2.05, 4.69) is 24.4 Å². The van der Waals surface area contributed by atoms with Crippen molar-refractivity contribution in [3.8, 4) is 0 Å². The van der Waals surface area contributed by atoms with E-state index in [0.29, 0.717) is 6.04 Å². The molecule has 3 heteroatoms. The molecule has 2 heterocycles. The Morgan fingerprint density at radius 2 is 2.27 bits per heavy atom. The fourth-order valence-corrected chi connectivity index (χ4v) is 2.16. The van der Waals surface area contributed by atoms with Gasteiger partial charge in [-0.1, -0.05) is 0 Å². The molecule has 1 atom stereocenters. The third-order valence-electron chi connectivity index (χ3n) is 1.93. The Kier molecular flexibility index (Phi) is 2.93. The van der Waals surface area contributed by atoms with Crippen LogP contribution in [0, 0.1) is 6.92 Å². The number of nitrogens with one attached hydrogen (secondary N) is 1. The molecule has 1 fully saturated rings. The van der Waals surface area contributed by atoms with Crippen molar-refractivity contribution in [1.82, 2.24) is 5.32 Å². The minimum atomic E-state index is 0. The van der Waals surface area contributed by atoms with Crippen LogP contribution in [0.15, 0.2) is 12.1 Å².